The van der Waals surface area contributed by atoms with E-state index in [9.17, 15) is 18.0 Å². The summed E-state index contributed by atoms with van der Waals surface area (Å²) in [5, 5.41) is 16.2. The Labute approximate surface area is 167 Å². The second kappa shape index (κ2) is 7.39. The highest BCUT2D eigenvalue weighted by molar-refractivity contribution is 5.88. The van der Waals surface area contributed by atoms with E-state index in [4.69, 9.17) is 5.11 Å². The molecule has 0 radical (unpaired) electrons. The zero-order valence-corrected chi connectivity index (χ0v) is 15.1. The van der Waals surface area contributed by atoms with E-state index in [0.717, 1.165) is 0 Å². The lowest BCUT2D eigenvalue weighted by Gasteiger charge is -2.10. The van der Waals surface area contributed by atoms with Crippen molar-refractivity contribution in [2.75, 3.05) is 5.32 Å². The van der Waals surface area contributed by atoms with Crippen LogP contribution >= 0.6 is 0 Å². The molecule has 4 aromatic rings. The highest BCUT2D eigenvalue weighted by Crippen LogP contribution is 2.30. The summed E-state index contributed by atoms with van der Waals surface area (Å²) in [6.45, 7) is 0. The van der Waals surface area contributed by atoms with Gasteiger partial charge in [0, 0.05) is 17.4 Å². The molecule has 0 atom stereocenters. The molecule has 10 heteroatoms. The molecule has 2 N–H and O–H groups in total. The summed E-state index contributed by atoms with van der Waals surface area (Å²) >= 11 is 0. The molecule has 0 fully saturated rings. The van der Waals surface area contributed by atoms with Gasteiger partial charge in [-0.3, -0.25) is 0 Å². The number of carboxylic acids is 1. The van der Waals surface area contributed by atoms with Gasteiger partial charge in [0.1, 0.15) is 5.75 Å². The maximum atomic E-state index is 12.5. The van der Waals surface area contributed by atoms with Crippen LogP contribution in [-0.4, -0.2) is 32.0 Å². The Morgan fingerprint density at radius 2 is 1.83 bits per heavy atom. The molecular formula is C20H13F3N4O3. The summed E-state index contributed by atoms with van der Waals surface area (Å²) in [4.78, 5) is 15.3. The third-order valence-corrected chi connectivity index (χ3v) is 4.13. The summed E-state index contributed by atoms with van der Waals surface area (Å²) in [5.41, 5.74) is 2.19. The first-order valence-electron chi connectivity index (χ1n) is 8.60. The number of pyridine rings is 1. The highest BCUT2D eigenvalue weighted by Gasteiger charge is 2.31. The average molecular weight is 414 g/mol. The summed E-state index contributed by atoms with van der Waals surface area (Å²) < 4.78 is 43.0. The first kappa shape index (κ1) is 19.2. The molecular weight excluding hydrogens is 401 g/mol. The number of benzene rings is 2. The Morgan fingerprint density at radius 1 is 1.07 bits per heavy atom. The number of anilines is 2. The van der Waals surface area contributed by atoms with E-state index in [-0.39, 0.29) is 17.3 Å². The van der Waals surface area contributed by atoms with Gasteiger partial charge in [-0.1, -0.05) is 12.1 Å². The van der Waals surface area contributed by atoms with Crippen LogP contribution in [0.15, 0.2) is 66.9 Å². The van der Waals surface area contributed by atoms with Crippen molar-refractivity contribution >= 4 is 23.3 Å². The summed E-state index contributed by atoms with van der Waals surface area (Å²) in [7, 11) is 0. The monoisotopic (exact) mass is 414 g/mol. The number of alkyl halides is 3. The number of halogens is 3. The van der Waals surface area contributed by atoms with Crippen LogP contribution in [0.4, 0.5) is 24.8 Å². The normalized spacial score (nSPS) is 11.4. The van der Waals surface area contributed by atoms with Gasteiger partial charge in [0.2, 0.25) is 5.95 Å². The molecule has 0 spiro atoms. The van der Waals surface area contributed by atoms with Crippen molar-refractivity contribution in [1.82, 2.24) is 14.6 Å². The largest absolute Gasteiger partial charge is 0.573 e. The Balaban J connectivity index is 1.66. The van der Waals surface area contributed by atoms with Crippen LogP contribution in [0.3, 0.4) is 0 Å². The van der Waals surface area contributed by atoms with Gasteiger partial charge in [-0.15, -0.1) is 18.3 Å². The molecule has 7 nitrogen and oxygen atoms in total. The summed E-state index contributed by atoms with van der Waals surface area (Å²) in [6, 6.07) is 15.0. The fourth-order valence-electron chi connectivity index (χ4n) is 2.87. The minimum atomic E-state index is -4.78. The first-order valence-corrected chi connectivity index (χ1v) is 8.60. The molecule has 0 aliphatic heterocycles. The molecule has 0 saturated carbocycles. The van der Waals surface area contributed by atoms with Gasteiger partial charge in [0.05, 0.1) is 5.56 Å². The number of fused-ring (bicyclic) bond motifs is 1. The molecule has 2 aromatic heterocycles. The van der Waals surface area contributed by atoms with Crippen LogP contribution < -0.4 is 10.1 Å². The molecule has 0 unspecified atom stereocenters. The highest BCUT2D eigenvalue weighted by atomic mass is 19.4. The first-order chi connectivity index (χ1) is 14.3. The average Bonchev–Trinajstić information content (AvgIpc) is 3.09. The Kier molecular flexibility index (Phi) is 4.74. The van der Waals surface area contributed by atoms with Crippen molar-refractivity contribution in [3.8, 4) is 16.9 Å². The van der Waals surface area contributed by atoms with Gasteiger partial charge in [0.15, 0.2) is 5.65 Å². The number of carbonyl (C=O) groups is 1. The Hall–Kier alpha value is -4.08. The number of carboxylic acid groups (broad SMARTS) is 1. The number of aromatic nitrogens is 3. The minimum Gasteiger partial charge on any atom is -0.478 e. The van der Waals surface area contributed by atoms with Gasteiger partial charge in [-0.05, 0) is 54.1 Å². The lowest BCUT2D eigenvalue weighted by Crippen LogP contribution is -2.17. The van der Waals surface area contributed by atoms with Crippen molar-refractivity contribution in [2.24, 2.45) is 0 Å². The maximum Gasteiger partial charge on any atom is 0.573 e. The zero-order valence-electron chi connectivity index (χ0n) is 15.1. The van der Waals surface area contributed by atoms with Crippen molar-refractivity contribution in [3.05, 3.63) is 72.4 Å². The fraction of sp³-hybridized carbons (Fsp3) is 0.0500. The Bertz CT molecular complexity index is 1220. The van der Waals surface area contributed by atoms with Gasteiger partial charge >= 0.3 is 12.3 Å². The molecule has 152 valence electrons. The number of aromatic carboxylic acids is 1. The molecule has 0 aliphatic carbocycles. The van der Waals surface area contributed by atoms with Gasteiger partial charge in [0.25, 0.3) is 0 Å². The summed E-state index contributed by atoms with van der Waals surface area (Å²) in [6.07, 6.45) is -3.13. The minimum absolute atomic E-state index is 0.145. The number of ether oxygens (including phenoxy) is 1. The predicted molar refractivity (Wildman–Crippen MR) is 102 cm³/mol. The standard InChI is InChI=1S/C20H13F3N4O3/c21-20(22,23)30-15-4-1-3-13(11-15)16-5-2-10-27-17(16)25-19(26-27)24-14-8-6-12(7-9-14)18(28)29/h1-11H,(H,24,26)(H,28,29). The lowest BCUT2D eigenvalue weighted by molar-refractivity contribution is -0.274. The number of hydrogen-bond acceptors (Lipinski definition) is 5. The lowest BCUT2D eigenvalue weighted by atomic mass is 10.1. The predicted octanol–water partition coefficient (Wildman–Crippen LogP) is 4.74. The summed E-state index contributed by atoms with van der Waals surface area (Å²) in [5.74, 6) is -1.12. The third kappa shape index (κ3) is 4.17. The Morgan fingerprint density at radius 3 is 2.53 bits per heavy atom. The molecule has 0 saturated heterocycles. The van der Waals surface area contributed by atoms with E-state index in [1.54, 1.807) is 36.5 Å². The van der Waals surface area contributed by atoms with Crippen molar-refractivity contribution in [3.63, 3.8) is 0 Å². The van der Waals surface area contributed by atoms with E-state index in [0.29, 0.717) is 22.5 Å². The van der Waals surface area contributed by atoms with Crippen LogP contribution in [0.5, 0.6) is 5.75 Å². The van der Waals surface area contributed by atoms with Crippen LogP contribution in [0.2, 0.25) is 0 Å². The van der Waals surface area contributed by atoms with Crippen LogP contribution in [0.25, 0.3) is 16.8 Å². The molecule has 0 aliphatic rings. The van der Waals surface area contributed by atoms with Gasteiger partial charge in [-0.2, -0.15) is 4.98 Å². The number of nitrogens with one attached hydrogen (secondary N) is 1. The van der Waals surface area contributed by atoms with Gasteiger partial charge in [-0.25, -0.2) is 9.31 Å². The SMILES string of the molecule is O=C(O)c1ccc(Nc2nc3c(-c4cccc(OC(F)(F)F)c4)cccn3n2)cc1. The van der Waals surface area contributed by atoms with Gasteiger partial charge < -0.3 is 15.2 Å². The van der Waals surface area contributed by atoms with E-state index in [2.05, 4.69) is 20.1 Å². The second-order valence-corrected chi connectivity index (χ2v) is 6.21. The number of rotatable bonds is 5. The smallest absolute Gasteiger partial charge is 0.478 e. The van der Waals surface area contributed by atoms with Crippen molar-refractivity contribution in [1.29, 1.82) is 0 Å². The maximum absolute atomic E-state index is 12.5. The van der Waals surface area contributed by atoms with E-state index in [1.807, 2.05) is 0 Å². The molecule has 0 bridgehead atoms. The van der Waals surface area contributed by atoms with Crippen molar-refractivity contribution in [2.45, 2.75) is 6.36 Å². The fourth-order valence-corrected chi connectivity index (χ4v) is 2.87. The van der Waals surface area contributed by atoms with E-state index in [1.165, 1.54) is 34.8 Å². The molecule has 4 rings (SSSR count). The van der Waals surface area contributed by atoms with Crippen LogP contribution in [0.1, 0.15) is 10.4 Å². The van der Waals surface area contributed by atoms with Crippen LogP contribution in [0, 0.1) is 0 Å². The topological polar surface area (TPSA) is 88.8 Å². The quantitative estimate of drug-likeness (QED) is 0.491. The van der Waals surface area contributed by atoms with Crippen molar-refractivity contribution < 1.29 is 27.8 Å². The number of hydrogen-bond donors (Lipinski definition) is 2. The zero-order chi connectivity index (χ0) is 21.3. The van der Waals surface area contributed by atoms with Crippen LogP contribution in [-0.2, 0) is 0 Å². The molecule has 2 heterocycles. The van der Waals surface area contributed by atoms with E-state index >= 15 is 0 Å². The molecule has 30 heavy (non-hydrogen) atoms. The molecule has 0 amide bonds. The second-order valence-electron chi connectivity index (χ2n) is 6.21. The molecule has 2 aromatic carbocycles. The third-order valence-electron chi connectivity index (χ3n) is 4.13. The van der Waals surface area contributed by atoms with E-state index < -0.39 is 12.3 Å². The number of nitrogens with zero attached hydrogens (tertiary/aromatic N) is 3.